The van der Waals surface area contributed by atoms with Crippen LogP contribution in [0.5, 0.6) is 5.75 Å². The van der Waals surface area contributed by atoms with Gasteiger partial charge in [-0.25, -0.2) is 14.2 Å². The van der Waals surface area contributed by atoms with E-state index >= 15 is 0 Å². The third kappa shape index (κ3) is 4.01. The van der Waals surface area contributed by atoms with Crippen LogP contribution >= 0.6 is 0 Å². The first-order valence-corrected chi connectivity index (χ1v) is 10.1. The smallest absolute Gasteiger partial charge is 0.363 e. The average molecular weight is 423 g/mol. The van der Waals surface area contributed by atoms with Crippen molar-refractivity contribution in [1.29, 1.82) is 0 Å². The van der Waals surface area contributed by atoms with E-state index in [9.17, 15) is 9.18 Å². The summed E-state index contributed by atoms with van der Waals surface area (Å²) in [4.78, 5) is 16.4. The number of rotatable bonds is 5. The van der Waals surface area contributed by atoms with Crippen LogP contribution in [0.25, 0.3) is 16.8 Å². The fourth-order valence-electron chi connectivity index (χ4n) is 3.59. The molecule has 156 valence electrons. The van der Waals surface area contributed by atoms with Gasteiger partial charge in [-0.3, -0.25) is 0 Å². The number of benzene rings is 4. The number of fused-ring (bicyclic) bond motifs is 1. The molecule has 1 heterocycles. The first-order chi connectivity index (χ1) is 15.7. The van der Waals surface area contributed by atoms with Crippen LogP contribution in [-0.2, 0) is 16.1 Å². The van der Waals surface area contributed by atoms with Gasteiger partial charge in [0.1, 0.15) is 18.2 Å². The van der Waals surface area contributed by atoms with Gasteiger partial charge >= 0.3 is 5.97 Å². The molecule has 4 aromatic rings. The number of hydrogen-bond acceptors (Lipinski definition) is 4. The van der Waals surface area contributed by atoms with Crippen molar-refractivity contribution < 1.29 is 18.7 Å². The molecule has 0 fully saturated rings. The summed E-state index contributed by atoms with van der Waals surface area (Å²) in [6.45, 7) is 0.416. The number of esters is 1. The summed E-state index contributed by atoms with van der Waals surface area (Å²) in [6, 6.07) is 27.7. The maximum absolute atomic E-state index is 14.0. The van der Waals surface area contributed by atoms with E-state index in [1.807, 2.05) is 48.5 Å². The molecule has 0 aliphatic carbocycles. The molecule has 0 atom stereocenters. The highest BCUT2D eigenvalue weighted by molar-refractivity contribution is 6.12. The zero-order valence-corrected chi connectivity index (χ0v) is 17.0. The van der Waals surface area contributed by atoms with Crippen molar-refractivity contribution in [1.82, 2.24) is 0 Å². The summed E-state index contributed by atoms with van der Waals surface area (Å²) in [7, 11) is 0. The Morgan fingerprint density at radius 2 is 1.69 bits per heavy atom. The predicted octanol–water partition coefficient (Wildman–Crippen LogP) is 5.90. The maximum Gasteiger partial charge on any atom is 0.363 e. The first-order valence-electron chi connectivity index (χ1n) is 10.1. The fourth-order valence-corrected chi connectivity index (χ4v) is 3.59. The summed E-state index contributed by atoms with van der Waals surface area (Å²) >= 11 is 0. The summed E-state index contributed by atoms with van der Waals surface area (Å²) in [5.41, 5.74) is 2.07. The second kappa shape index (κ2) is 8.47. The van der Waals surface area contributed by atoms with E-state index in [0.29, 0.717) is 12.4 Å². The standard InChI is InChI=1S/C27H18FNO3/c28-24-14-4-3-13-23(24)26-29-25(27(30)32-26)16-18-7-5-11-21(15-18)31-17-20-10-6-9-19-8-1-2-12-22(19)20/h1-16H,17H2/b25-16+. The van der Waals surface area contributed by atoms with E-state index in [-0.39, 0.29) is 17.2 Å². The van der Waals surface area contributed by atoms with Crippen LogP contribution in [0.3, 0.4) is 0 Å². The van der Waals surface area contributed by atoms with Gasteiger partial charge < -0.3 is 9.47 Å². The van der Waals surface area contributed by atoms with Gasteiger partial charge in [0.05, 0.1) is 5.56 Å². The second-order valence-electron chi connectivity index (χ2n) is 7.32. The quantitative estimate of drug-likeness (QED) is 0.296. The largest absolute Gasteiger partial charge is 0.489 e. The van der Waals surface area contributed by atoms with E-state index < -0.39 is 11.8 Å². The average Bonchev–Trinajstić information content (AvgIpc) is 3.18. The molecule has 0 aromatic heterocycles. The van der Waals surface area contributed by atoms with E-state index in [1.165, 1.54) is 12.1 Å². The fraction of sp³-hybridized carbons (Fsp3) is 0.0370. The van der Waals surface area contributed by atoms with Crippen LogP contribution in [0.4, 0.5) is 4.39 Å². The molecule has 1 aliphatic rings. The Kier molecular flexibility index (Phi) is 5.22. The van der Waals surface area contributed by atoms with E-state index in [4.69, 9.17) is 9.47 Å². The predicted molar refractivity (Wildman–Crippen MR) is 122 cm³/mol. The highest BCUT2D eigenvalue weighted by Crippen LogP contribution is 2.24. The summed E-state index contributed by atoms with van der Waals surface area (Å²) in [6.07, 6.45) is 1.60. The molecule has 0 bridgehead atoms. The first kappa shape index (κ1) is 19.7. The molecule has 1 aliphatic heterocycles. The van der Waals surface area contributed by atoms with Crippen molar-refractivity contribution in [2.24, 2.45) is 4.99 Å². The lowest BCUT2D eigenvalue weighted by molar-refractivity contribution is -0.129. The van der Waals surface area contributed by atoms with Crippen molar-refractivity contribution in [2.75, 3.05) is 0 Å². The number of nitrogens with zero attached hydrogens (tertiary/aromatic N) is 1. The molecule has 0 N–H and O–H groups in total. The summed E-state index contributed by atoms with van der Waals surface area (Å²) in [5, 5.41) is 2.31. The second-order valence-corrected chi connectivity index (χ2v) is 7.32. The van der Waals surface area contributed by atoms with Crippen LogP contribution in [-0.4, -0.2) is 11.9 Å². The van der Waals surface area contributed by atoms with Crippen molar-refractivity contribution in [3.8, 4) is 5.75 Å². The van der Waals surface area contributed by atoms with Crippen LogP contribution in [0, 0.1) is 5.82 Å². The van der Waals surface area contributed by atoms with E-state index in [2.05, 4.69) is 23.2 Å². The minimum absolute atomic E-state index is 0.0392. The Balaban J connectivity index is 1.37. The Bertz CT molecular complexity index is 1390. The lowest BCUT2D eigenvalue weighted by Crippen LogP contribution is -2.07. The van der Waals surface area contributed by atoms with E-state index in [1.54, 1.807) is 18.2 Å². The number of halogens is 1. The monoisotopic (exact) mass is 423 g/mol. The molecule has 0 spiro atoms. The van der Waals surface area contributed by atoms with Crippen molar-refractivity contribution in [3.05, 3.63) is 119 Å². The summed E-state index contributed by atoms with van der Waals surface area (Å²) in [5.74, 6) is -0.492. The van der Waals surface area contributed by atoms with Gasteiger partial charge in [0.2, 0.25) is 5.90 Å². The molecular formula is C27H18FNO3. The molecule has 5 heteroatoms. The highest BCUT2D eigenvalue weighted by atomic mass is 19.1. The van der Waals surface area contributed by atoms with Gasteiger partial charge in [-0.15, -0.1) is 0 Å². The van der Waals surface area contributed by atoms with E-state index in [0.717, 1.165) is 21.9 Å². The molecule has 0 unspecified atom stereocenters. The number of carbonyl (C=O) groups is 1. The van der Waals surface area contributed by atoms with Crippen molar-refractivity contribution >= 4 is 28.7 Å². The third-order valence-electron chi connectivity index (χ3n) is 5.16. The van der Waals surface area contributed by atoms with Crippen LogP contribution < -0.4 is 4.74 Å². The van der Waals surface area contributed by atoms with Crippen LogP contribution in [0.2, 0.25) is 0 Å². The molecular weight excluding hydrogens is 405 g/mol. The Morgan fingerprint density at radius 3 is 2.59 bits per heavy atom. The molecule has 0 radical (unpaired) electrons. The van der Waals surface area contributed by atoms with Gasteiger partial charge in [0.25, 0.3) is 0 Å². The molecule has 0 saturated carbocycles. The topological polar surface area (TPSA) is 47.9 Å². The highest BCUT2D eigenvalue weighted by Gasteiger charge is 2.25. The Hall–Kier alpha value is -4.25. The Morgan fingerprint density at radius 1 is 0.906 bits per heavy atom. The third-order valence-corrected chi connectivity index (χ3v) is 5.16. The van der Waals surface area contributed by atoms with Gasteiger partial charge in [0.15, 0.2) is 5.70 Å². The normalized spacial score (nSPS) is 14.5. The maximum atomic E-state index is 14.0. The van der Waals surface area contributed by atoms with Crippen molar-refractivity contribution in [3.63, 3.8) is 0 Å². The lowest BCUT2D eigenvalue weighted by atomic mass is 10.1. The minimum Gasteiger partial charge on any atom is -0.489 e. The zero-order chi connectivity index (χ0) is 21.9. The number of carbonyl (C=O) groups excluding carboxylic acids is 1. The molecule has 4 aromatic carbocycles. The van der Waals surface area contributed by atoms with Crippen LogP contribution in [0.1, 0.15) is 16.7 Å². The zero-order valence-electron chi connectivity index (χ0n) is 17.0. The summed E-state index contributed by atoms with van der Waals surface area (Å²) < 4.78 is 25.2. The van der Waals surface area contributed by atoms with Gasteiger partial charge in [-0.1, -0.05) is 66.7 Å². The van der Waals surface area contributed by atoms with Crippen molar-refractivity contribution in [2.45, 2.75) is 6.61 Å². The number of aliphatic imine (C=N–C) groups is 1. The number of cyclic esters (lactones) is 1. The number of ether oxygens (including phenoxy) is 2. The van der Waals surface area contributed by atoms with Crippen LogP contribution in [0.15, 0.2) is 102 Å². The lowest BCUT2D eigenvalue weighted by Gasteiger charge is -2.09. The molecule has 0 saturated heterocycles. The van der Waals surface area contributed by atoms with Gasteiger partial charge in [0, 0.05) is 0 Å². The molecule has 4 nitrogen and oxygen atoms in total. The minimum atomic E-state index is -0.620. The molecule has 5 rings (SSSR count). The Labute approximate surface area is 184 Å². The molecule has 0 amide bonds. The number of hydrogen-bond donors (Lipinski definition) is 0. The van der Waals surface area contributed by atoms with Gasteiger partial charge in [-0.2, -0.15) is 0 Å². The SMILES string of the molecule is O=C1OC(c2ccccc2F)=N/C1=C/c1cccc(OCc2cccc3ccccc23)c1. The van der Waals surface area contributed by atoms with Gasteiger partial charge in [-0.05, 0) is 52.2 Å². The molecule has 32 heavy (non-hydrogen) atoms.